The molecular weight excluding hydrogens is 252 g/mol. The summed E-state index contributed by atoms with van der Waals surface area (Å²) in [6.07, 6.45) is 2.62. The summed E-state index contributed by atoms with van der Waals surface area (Å²) in [5.41, 5.74) is 0.0956. The molecule has 1 aliphatic heterocycles. The highest BCUT2D eigenvalue weighted by molar-refractivity contribution is 5.86. The monoisotopic (exact) mass is 269 g/mol. The Balaban J connectivity index is 1.92. The van der Waals surface area contributed by atoms with Gasteiger partial charge in [0.1, 0.15) is 5.41 Å². The summed E-state index contributed by atoms with van der Waals surface area (Å²) in [7, 11) is 0. The molecule has 0 saturated heterocycles. The van der Waals surface area contributed by atoms with Gasteiger partial charge in [0.15, 0.2) is 0 Å². The van der Waals surface area contributed by atoms with Crippen LogP contribution in [0.2, 0.25) is 0 Å². The van der Waals surface area contributed by atoms with Crippen molar-refractivity contribution in [1.29, 1.82) is 0 Å². The van der Waals surface area contributed by atoms with Crippen LogP contribution in [0.1, 0.15) is 42.6 Å². The van der Waals surface area contributed by atoms with E-state index in [4.69, 9.17) is 0 Å². The Labute approximate surface area is 110 Å². The molecule has 1 aromatic rings. The van der Waals surface area contributed by atoms with Gasteiger partial charge in [0.05, 0.1) is 17.6 Å². The standard InChI is InChI=1S/C13H17F2N3O/c14-11(15)13(5-1-2-6-13)12(19)18-8-10-9(17-18)4-3-7-16-10/h8,11,16H,1-7H2. The Kier molecular flexibility index (Phi) is 3.03. The molecule has 1 saturated carbocycles. The van der Waals surface area contributed by atoms with E-state index in [9.17, 15) is 13.6 Å². The predicted molar refractivity (Wildman–Crippen MR) is 66.6 cm³/mol. The average molecular weight is 269 g/mol. The van der Waals surface area contributed by atoms with Gasteiger partial charge in [0, 0.05) is 6.54 Å². The minimum absolute atomic E-state index is 0.265. The number of halogens is 2. The molecular formula is C13H17F2N3O. The second-order valence-electron chi connectivity index (χ2n) is 5.43. The van der Waals surface area contributed by atoms with Crippen LogP contribution in [0.4, 0.5) is 14.5 Å². The fourth-order valence-corrected chi connectivity index (χ4v) is 3.08. The fraction of sp³-hybridized carbons (Fsp3) is 0.692. The largest absolute Gasteiger partial charge is 0.382 e. The number of carbonyl (C=O) groups is 1. The molecule has 19 heavy (non-hydrogen) atoms. The van der Waals surface area contributed by atoms with Crippen molar-refractivity contribution in [2.24, 2.45) is 5.41 Å². The molecule has 0 unspecified atom stereocenters. The van der Waals surface area contributed by atoms with E-state index in [1.54, 1.807) is 6.20 Å². The maximum absolute atomic E-state index is 13.3. The molecule has 6 heteroatoms. The number of nitrogens with one attached hydrogen (secondary N) is 1. The number of rotatable bonds is 2. The number of anilines is 1. The first kappa shape index (κ1) is 12.6. The lowest BCUT2D eigenvalue weighted by Crippen LogP contribution is -2.39. The van der Waals surface area contributed by atoms with E-state index in [0.717, 1.165) is 35.4 Å². The van der Waals surface area contributed by atoms with Crippen molar-refractivity contribution >= 4 is 11.6 Å². The zero-order valence-electron chi connectivity index (χ0n) is 10.7. The van der Waals surface area contributed by atoms with Crippen LogP contribution >= 0.6 is 0 Å². The first-order valence-electron chi connectivity index (χ1n) is 6.79. The van der Waals surface area contributed by atoms with Crippen molar-refractivity contribution in [2.45, 2.75) is 45.0 Å². The van der Waals surface area contributed by atoms with Gasteiger partial charge in [-0.15, -0.1) is 0 Å². The highest BCUT2D eigenvalue weighted by atomic mass is 19.3. The van der Waals surface area contributed by atoms with Gasteiger partial charge in [-0.3, -0.25) is 4.79 Å². The molecule has 0 atom stereocenters. The molecule has 0 amide bonds. The predicted octanol–water partition coefficient (Wildman–Crippen LogP) is 2.71. The lowest BCUT2D eigenvalue weighted by Gasteiger charge is -2.25. The third-order valence-electron chi connectivity index (χ3n) is 4.24. The first-order valence-corrected chi connectivity index (χ1v) is 6.79. The summed E-state index contributed by atoms with van der Waals surface area (Å²) < 4.78 is 27.8. The van der Waals surface area contributed by atoms with Crippen molar-refractivity contribution in [3.63, 3.8) is 0 Å². The quantitative estimate of drug-likeness (QED) is 0.898. The van der Waals surface area contributed by atoms with Crippen LogP contribution in [-0.4, -0.2) is 28.7 Å². The molecule has 0 aromatic carbocycles. The maximum Gasteiger partial charge on any atom is 0.258 e. The van der Waals surface area contributed by atoms with E-state index in [2.05, 4.69) is 10.4 Å². The molecule has 0 bridgehead atoms. The molecule has 1 aliphatic carbocycles. The van der Waals surface area contributed by atoms with Crippen molar-refractivity contribution in [3.05, 3.63) is 11.9 Å². The molecule has 0 radical (unpaired) electrons. The Bertz CT molecular complexity index is 469. The maximum atomic E-state index is 13.3. The molecule has 0 spiro atoms. The lowest BCUT2D eigenvalue weighted by atomic mass is 9.85. The minimum atomic E-state index is -2.61. The van der Waals surface area contributed by atoms with E-state index in [-0.39, 0.29) is 12.8 Å². The van der Waals surface area contributed by atoms with Crippen LogP contribution < -0.4 is 5.32 Å². The van der Waals surface area contributed by atoms with Crippen LogP contribution in [0.15, 0.2) is 6.20 Å². The Hall–Kier alpha value is -1.46. The Morgan fingerprint density at radius 1 is 1.37 bits per heavy atom. The van der Waals surface area contributed by atoms with Gasteiger partial charge in [-0.25, -0.2) is 13.5 Å². The van der Waals surface area contributed by atoms with E-state index in [0.29, 0.717) is 12.8 Å². The highest BCUT2D eigenvalue weighted by Crippen LogP contribution is 2.44. The fourth-order valence-electron chi connectivity index (χ4n) is 3.08. The Morgan fingerprint density at radius 3 is 2.74 bits per heavy atom. The molecule has 1 fully saturated rings. The van der Waals surface area contributed by atoms with Crippen LogP contribution in [0.3, 0.4) is 0 Å². The first-order chi connectivity index (χ1) is 9.13. The SMILES string of the molecule is O=C(n1cc2c(n1)CCCN2)C1(C(F)F)CCCC1. The van der Waals surface area contributed by atoms with Crippen molar-refractivity contribution in [1.82, 2.24) is 9.78 Å². The molecule has 4 nitrogen and oxygen atoms in total. The van der Waals surface area contributed by atoms with Crippen LogP contribution in [-0.2, 0) is 6.42 Å². The minimum Gasteiger partial charge on any atom is -0.382 e. The topological polar surface area (TPSA) is 46.9 Å². The van der Waals surface area contributed by atoms with E-state index in [1.807, 2.05) is 0 Å². The van der Waals surface area contributed by atoms with Crippen LogP contribution in [0.5, 0.6) is 0 Å². The van der Waals surface area contributed by atoms with Gasteiger partial charge in [-0.05, 0) is 25.7 Å². The molecule has 2 aliphatic rings. The van der Waals surface area contributed by atoms with Crippen LogP contribution in [0.25, 0.3) is 0 Å². The average Bonchev–Trinajstić information content (AvgIpc) is 3.05. The summed E-state index contributed by atoms with van der Waals surface area (Å²) >= 11 is 0. The van der Waals surface area contributed by atoms with Gasteiger partial charge in [-0.2, -0.15) is 5.10 Å². The van der Waals surface area contributed by atoms with Gasteiger partial charge in [0.2, 0.25) is 0 Å². The number of hydrogen-bond donors (Lipinski definition) is 1. The number of fused-ring (bicyclic) bond motifs is 1. The lowest BCUT2D eigenvalue weighted by molar-refractivity contribution is -0.000691. The van der Waals surface area contributed by atoms with Gasteiger partial charge >= 0.3 is 0 Å². The number of alkyl halides is 2. The third kappa shape index (κ3) is 1.93. The second-order valence-corrected chi connectivity index (χ2v) is 5.43. The molecule has 104 valence electrons. The van der Waals surface area contributed by atoms with E-state index >= 15 is 0 Å². The molecule has 2 heterocycles. The third-order valence-corrected chi connectivity index (χ3v) is 4.24. The van der Waals surface area contributed by atoms with E-state index < -0.39 is 17.7 Å². The van der Waals surface area contributed by atoms with Gasteiger partial charge < -0.3 is 5.32 Å². The number of hydrogen-bond acceptors (Lipinski definition) is 3. The number of nitrogens with zero attached hydrogens (tertiary/aromatic N) is 2. The zero-order chi connectivity index (χ0) is 13.5. The zero-order valence-corrected chi connectivity index (χ0v) is 10.7. The highest BCUT2D eigenvalue weighted by Gasteiger charge is 2.50. The van der Waals surface area contributed by atoms with Crippen molar-refractivity contribution < 1.29 is 13.6 Å². The van der Waals surface area contributed by atoms with E-state index in [1.165, 1.54) is 0 Å². The summed E-state index contributed by atoms with van der Waals surface area (Å²) in [6.45, 7) is 0.840. The van der Waals surface area contributed by atoms with Crippen LogP contribution in [0, 0.1) is 5.41 Å². The van der Waals surface area contributed by atoms with Gasteiger partial charge in [0.25, 0.3) is 12.3 Å². The second kappa shape index (κ2) is 4.58. The number of aromatic nitrogens is 2. The number of carbonyl (C=O) groups excluding carboxylic acids is 1. The van der Waals surface area contributed by atoms with Crippen molar-refractivity contribution in [3.8, 4) is 0 Å². The van der Waals surface area contributed by atoms with Crippen molar-refractivity contribution in [2.75, 3.05) is 11.9 Å². The number of aryl methyl sites for hydroxylation is 1. The summed E-state index contributed by atoms with van der Waals surface area (Å²) in [5.74, 6) is -0.545. The smallest absolute Gasteiger partial charge is 0.258 e. The summed E-state index contributed by atoms with van der Waals surface area (Å²) in [4.78, 5) is 12.4. The molecule has 1 aromatic heterocycles. The Morgan fingerprint density at radius 2 is 2.11 bits per heavy atom. The summed E-state index contributed by atoms with van der Waals surface area (Å²) in [5, 5.41) is 7.34. The molecule has 1 N–H and O–H groups in total. The van der Waals surface area contributed by atoms with Gasteiger partial charge in [-0.1, -0.05) is 12.8 Å². The summed E-state index contributed by atoms with van der Waals surface area (Å²) in [6, 6.07) is 0. The normalized spacial score (nSPS) is 21.2. The molecule has 3 rings (SSSR count).